The van der Waals surface area contributed by atoms with Gasteiger partial charge in [0.15, 0.2) is 6.61 Å². The summed E-state index contributed by atoms with van der Waals surface area (Å²) in [6, 6.07) is -0.526. The Kier molecular flexibility index (Phi) is 6.61. The zero-order valence-electron chi connectivity index (χ0n) is 15.8. The molecule has 1 heterocycles. The Hall–Kier alpha value is -2.12. The molecule has 2 fully saturated rings. The molecule has 26 heavy (non-hydrogen) atoms. The highest BCUT2D eigenvalue weighted by Crippen LogP contribution is 2.38. The van der Waals surface area contributed by atoms with Crippen molar-refractivity contribution in [2.45, 2.75) is 70.9 Å². The molecule has 146 valence electrons. The molecular weight excluding hydrogens is 338 g/mol. The number of nitrogens with zero attached hydrogens (tertiary/aromatic N) is 1. The van der Waals surface area contributed by atoms with Gasteiger partial charge in [0, 0.05) is 6.04 Å². The Morgan fingerprint density at radius 2 is 2.00 bits per heavy atom. The van der Waals surface area contributed by atoms with Crippen LogP contribution >= 0.6 is 0 Å². The highest BCUT2D eigenvalue weighted by molar-refractivity contribution is 6.09. The minimum atomic E-state index is -0.900. The van der Waals surface area contributed by atoms with Gasteiger partial charge >= 0.3 is 12.0 Å². The van der Waals surface area contributed by atoms with E-state index in [9.17, 15) is 19.2 Å². The van der Waals surface area contributed by atoms with E-state index < -0.39 is 30.7 Å². The number of nitrogens with one attached hydrogen (secondary N) is 2. The first kappa shape index (κ1) is 20.2. The van der Waals surface area contributed by atoms with Gasteiger partial charge in [-0.25, -0.2) is 4.79 Å². The number of rotatable bonds is 7. The SMILES string of the molecule is CCC(CC)NC(=O)COC(=O)CN1C(=O)N[C@@]2(CCCC[C@H]2C)C1=O. The van der Waals surface area contributed by atoms with Crippen LogP contribution in [0.3, 0.4) is 0 Å². The Morgan fingerprint density at radius 3 is 2.62 bits per heavy atom. The van der Waals surface area contributed by atoms with E-state index in [2.05, 4.69) is 10.6 Å². The van der Waals surface area contributed by atoms with Crippen LogP contribution in [0.5, 0.6) is 0 Å². The maximum absolute atomic E-state index is 12.8. The van der Waals surface area contributed by atoms with E-state index in [4.69, 9.17) is 4.74 Å². The number of carbonyl (C=O) groups excluding carboxylic acids is 4. The molecule has 0 aromatic rings. The lowest BCUT2D eigenvalue weighted by Crippen LogP contribution is -2.54. The second-order valence-electron chi connectivity index (χ2n) is 7.18. The first-order valence-electron chi connectivity index (χ1n) is 9.43. The molecule has 1 saturated heterocycles. The lowest BCUT2D eigenvalue weighted by molar-refractivity contribution is -0.151. The largest absolute Gasteiger partial charge is 0.454 e. The molecule has 2 N–H and O–H groups in total. The highest BCUT2D eigenvalue weighted by atomic mass is 16.5. The number of esters is 1. The number of urea groups is 1. The summed E-state index contributed by atoms with van der Waals surface area (Å²) in [6.07, 6.45) is 4.92. The lowest BCUT2D eigenvalue weighted by Gasteiger charge is -2.36. The summed E-state index contributed by atoms with van der Waals surface area (Å²) in [5, 5.41) is 5.54. The summed E-state index contributed by atoms with van der Waals surface area (Å²) in [7, 11) is 0. The topological polar surface area (TPSA) is 105 Å². The lowest BCUT2D eigenvalue weighted by atomic mass is 9.73. The van der Waals surface area contributed by atoms with Crippen LogP contribution in [-0.2, 0) is 19.1 Å². The van der Waals surface area contributed by atoms with Crippen LogP contribution in [0.2, 0.25) is 0 Å². The molecule has 2 atom stereocenters. The molecule has 8 heteroatoms. The minimum Gasteiger partial charge on any atom is -0.454 e. The van der Waals surface area contributed by atoms with Crippen molar-refractivity contribution in [3.8, 4) is 0 Å². The van der Waals surface area contributed by atoms with Gasteiger partial charge in [0.25, 0.3) is 11.8 Å². The summed E-state index contributed by atoms with van der Waals surface area (Å²) in [5.41, 5.74) is -0.900. The van der Waals surface area contributed by atoms with E-state index in [0.29, 0.717) is 6.42 Å². The fourth-order valence-electron chi connectivity index (χ4n) is 3.72. The van der Waals surface area contributed by atoms with Crippen molar-refractivity contribution in [1.82, 2.24) is 15.5 Å². The number of amides is 4. The molecule has 0 unspecified atom stereocenters. The van der Waals surface area contributed by atoms with Crippen molar-refractivity contribution >= 4 is 23.8 Å². The van der Waals surface area contributed by atoms with E-state index in [1.54, 1.807) is 0 Å². The van der Waals surface area contributed by atoms with Gasteiger partial charge in [-0.1, -0.05) is 33.6 Å². The highest BCUT2D eigenvalue weighted by Gasteiger charge is 2.55. The predicted molar refractivity (Wildman–Crippen MR) is 94.1 cm³/mol. The molecule has 2 aliphatic rings. The smallest absolute Gasteiger partial charge is 0.326 e. The van der Waals surface area contributed by atoms with Crippen LogP contribution in [0.4, 0.5) is 4.79 Å². The monoisotopic (exact) mass is 367 g/mol. The van der Waals surface area contributed by atoms with Crippen LogP contribution < -0.4 is 10.6 Å². The third-order valence-electron chi connectivity index (χ3n) is 5.50. The number of ether oxygens (including phenoxy) is 1. The molecule has 1 saturated carbocycles. The normalized spacial score (nSPS) is 25.5. The zero-order valence-corrected chi connectivity index (χ0v) is 15.8. The fraction of sp³-hybridized carbons (Fsp3) is 0.778. The second-order valence-corrected chi connectivity index (χ2v) is 7.18. The van der Waals surface area contributed by atoms with Crippen molar-refractivity contribution in [2.24, 2.45) is 5.92 Å². The van der Waals surface area contributed by atoms with Gasteiger partial charge in [0.2, 0.25) is 0 Å². The van der Waals surface area contributed by atoms with Gasteiger partial charge in [-0.05, 0) is 31.6 Å². The molecule has 1 aliphatic carbocycles. The molecule has 1 aliphatic heterocycles. The van der Waals surface area contributed by atoms with Crippen LogP contribution in [0.1, 0.15) is 59.3 Å². The van der Waals surface area contributed by atoms with E-state index >= 15 is 0 Å². The summed E-state index contributed by atoms with van der Waals surface area (Å²) in [4.78, 5) is 49.6. The van der Waals surface area contributed by atoms with Crippen molar-refractivity contribution in [3.05, 3.63) is 0 Å². The van der Waals surface area contributed by atoms with E-state index in [1.165, 1.54) is 0 Å². The maximum atomic E-state index is 12.8. The van der Waals surface area contributed by atoms with Crippen molar-refractivity contribution in [3.63, 3.8) is 0 Å². The Morgan fingerprint density at radius 1 is 1.31 bits per heavy atom. The van der Waals surface area contributed by atoms with Gasteiger partial charge in [0.1, 0.15) is 12.1 Å². The molecule has 2 rings (SSSR count). The third kappa shape index (κ3) is 4.16. The van der Waals surface area contributed by atoms with Crippen LogP contribution in [0, 0.1) is 5.92 Å². The number of carbonyl (C=O) groups is 4. The number of hydrogen-bond acceptors (Lipinski definition) is 5. The predicted octanol–water partition coefficient (Wildman–Crippen LogP) is 1.34. The van der Waals surface area contributed by atoms with Crippen molar-refractivity contribution < 1.29 is 23.9 Å². The Labute approximate surface area is 154 Å². The zero-order chi connectivity index (χ0) is 19.3. The summed E-state index contributed by atoms with van der Waals surface area (Å²) < 4.78 is 4.93. The fourth-order valence-corrected chi connectivity index (χ4v) is 3.72. The van der Waals surface area contributed by atoms with Gasteiger partial charge in [-0.15, -0.1) is 0 Å². The van der Waals surface area contributed by atoms with Gasteiger partial charge in [0.05, 0.1) is 0 Å². The quantitative estimate of drug-likeness (QED) is 0.522. The van der Waals surface area contributed by atoms with Crippen molar-refractivity contribution in [1.29, 1.82) is 0 Å². The average molecular weight is 367 g/mol. The van der Waals surface area contributed by atoms with Crippen molar-refractivity contribution in [2.75, 3.05) is 13.2 Å². The van der Waals surface area contributed by atoms with E-state index in [1.807, 2.05) is 20.8 Å². The minimum absolute atomic E-state index is 0.0273. The van der Waals surface area contributed by atoms with Crippen LogP contribution in [0.15, 0.2) is 0 Å². The number of imide groups is 1. The first-order chi connectivity index (χ1) is 12.3. The average Bonchev–Trinajstić information content (AvgIpc) is 2.85. The number of hydrogen-bond donors (Lipinski definition) is 2. The standard InChI is InChI=1S/C18H29N3O5/c1-4-13(5-2)19-14(22)11-26-15(23)10-21-16(24)18(20-17(21)25)9-7-6-8-12(18)3/h12-13H,4-11H2,1-3H3,(H,19,22)(H,20,25)/t12-,18-/m1/s1. The van der Waals surface area contributed by atoms with Crippen LogP contribution in [0.25, 0.3) is 0 Å². The molecular formula is C18H29N3O5. The molecule has 0 aromatic heterocycles. The molecule has 1 spiro atoms. The van der Waals surface area contributed by atoms with E-state index in [-0.39, 0.29) is 23.8 Å². The van der Waals surface area contributed by atoms with E-state index in [0.717, 1.165) is 37.0 Å². The molecule has 4 amide bonds. The van der Waals surface area contributed by atoms with Gasteiger partial charge < -0.3 is 15.4 Å². The second kappa shape index (κ2) is 8.51. The Balaban J connectivity index is 1.88. The van der Waals surface area contributed by atoms with Gasteiger partial charge in [-0.2, -0.15) is 0 Å². The molecule has 0 radical (unpaired) electrons. The summed E-state index contributed by atoms with van der Waals surface area (Å²) >= 11 is 0. The van der Waals surface area contributed by atoms with Gasteiger partial charge in [-0.3, -0.25) is 19.3 Å². The molecule has 0 aromatic carbocycles. The molecule has 8 nitrogen and oxygen atoms in total. The first-order valence-corrected chi connectivity index (χ1v) is 9.43. The molecule has 0 bridgehead atoms. The van der Waals surface area contributed by atoms with Crippen LogP contribution in [-0.4, -0.2) is 53.4 Å². The maximum Gasteiger partial charge on any atom is 0.326 e. The Bertz CT molecular complexity index is 575. The summed E-state index contributed by atoms with van der Waals surface area (Å²) in [6.45, 7) is 4.97. The third-order valence-corrected chi connectivity index (χ3v) is 5.50. The summed E-state index contributed by atoms with van der Waals surface area (Å²) in [5.74, 6) is -1.50.